The number of hydrogen-bond donors (Lipinski definition) is 1. The summed E-state index contributed by atoms with van der Waals surface area (Å²) in [5.41, 5.74) is -1.28. The standard InChI is InChI=1S/C21H18F6N6O/c22-20(23,24)17-8-11(5-6-28-17)14-9-15-13(2-1-7-32(15)30-14)29-19(34)16-10-18(21(25,26)27)31-33(16)12-3-4-12/h5-6,8-10,12-13H,1-4,7H2,(H,29,34)/t13-/m0/s1. The Bertz CT molecular complexity index is 1240. The number of halogens is 6. The molecule has 13 heteroatoms. The van der Waals surface area contributed by atoms with Gasteiger partial charge in [0.15, 0.2) is 5.69 Å². The van der Waals surface area contributed by atoms with Crippen LogP contribution in [0, 0.1) is 0 Å². The third-order valence-electron chi connectivity index (χ3n) is 5.83. The molecule has 0 saturated heterocycles. The molecule has 0 bridgehead atoms. The van der Waals surface area contributed by atoms with E-state index >= 15 is 0 Å². The van der Waals surface area contributed by atoms with E-state index in [0.29, 0.717) is 37.9 Å². The molecule has 5 rings (SSSR count). The Balaban J connectivity index is 1.42. The Kier molecular flexibility index (Phi) is 5.17. The molecule has 0 aromatic carbocycles. The number of hydrogen-bond acceptors (Lipinski definition) is 4. The van der Waals surface area contributed by atoms with Crippen molar-refractivity contribution in [1.29, 1.82) is 0 Å². The van der Waals surface area contributed by atoms with Gasteiger partial charge in [0.1, 0.15) is 11.4 Å². The number of pyridine rings is 1. The van der Waals surface area contributed by atoms with E-state index in [2.05, 4.69) is 20.5 Å². The number of amides is 1. The molecule has 1 N–H and O–H groups in total. The Morgan fingerprint density at radius 1 is 0.971 bits per heavy atom. The number of nitrogens with one attached hydrogen (secondary N) is 1. The van der Waals surface area contributed by atoms with Gasteiger partial charge in [0.25, 0.3) is 5.91 Å². The van der Waals surface area contributed by atoms with Crippen LogP contribution in [0.15, 0.2) is 30.5 Å². The van der Waals surface area contributed by atoms with Gasteiger partial charge in [0, 0.05) is 24.4 Å². The molecule has 1 saturated carbocycles. The zero-order valence-electron chi connectivity index (χ0n) is 17.5. The van der Waals surface area contributed by atoms with Gasteiger partial charge in [0.05, 0.1) is 23.5 Å². The number of fused-ring (bicyclic) bond motifs is 1. The van der Waals surface area contributed by atoms with Gasteiger partial charge in [-0.3, -0.25) is 19.1 Å². The van der Waals surface area contributed by atoms with Gasteiger partial charge in [0.2, 0.25) is 0 Å². The summed E-state index contributed by atoms with van der Waals surface area (Å²) < 4.78 is 81.3. The molecule has 1 aliphatic heterocycles. The summed E-state index contributed by atoms with van der Waals surface area (Å²) in [6, 6.07) is 3.82. The minimum Gasteiger partial charge on any atom is -0.342 e. The predicted molar refractivity (Wildman–Crippen MR) is 105 cm³/mol. The molecule has 0 radical (unpaired) electrons. The predicted octanol–water partition coefficient (Wildman–Crippen LogP) is 4.78. The number of carbonyl (C=O) groups excluding carboxylic acids is 1. The van der Waals surface area contributed by atoms with Crippen LogP contribution in [0.1, 0.15) is 65.3 Å². The van der Waals surface area contributed by atoms with Gasteiger partial charge in [-0.15, -0.1) is 0 Å². The minimum atomic E-state index is -4.67. The minimum absolute atomic E-state index is 0.171. The molecule has 7 nitrogen and oxygen atoms in total. The van der Waals surface area contributed by atoms with E-state index in [1.807, 2.05) is 0 Å². The van der Waals surface area contributed by atoms with E-state index in [1.54, 1.807) is 10.7 Å². The third kappa shape index (κ3) is 4.26. The normalized spacial score (nSPS) is 18.6. The maximum Gasteiger partial charge on any atom is 0.435 e. The molecule has 3 aromatic heterocycles. The fourth-order valence-electron chi connectivity index (χ4n) is 4.05. The largest absolute Gasteiger partial charge is 0.435 e. The first kappa shape index (κ1) is 22.4. The monoisotopic (exact) mass is 484 g/mol. The summed E-state index contributed by atoms with van der Waals surface area (Å²) in [7, 11) is 0. The lowest BCUT2D eigenvalue weighted by Gasteiger charge is -2.24. The highest BCUT2D eigenvalue weighted by Gasteiger charge is 2.39. The van der Waals surface area contributed by atoms with Gasteiger partial charge < -0.3 is 5.32 Å². The first-order valence-corrected chi connectivity index (χ1v) is 10.6. The molecule has 0 unspecified atom stereocenters. The fraction of sp³-hybridized carbons (Fsp3) is 0.429. The molecule has 180 valence electrons. The van der Waals surface area contributed by atoms with E-state index in [4.69, 9.17) is 0 Å². The van der Waals surface area contributed by atoms with Crippen molar-refractivity contribution in [2.24, 2.45) is 0 Å². The number of alkyl halides is 6. The summed E-state index contributed by atoms with van der Waals surface area (Å²) in [4.78, 5) is 16.3. The maximum atomic E-state index is 13.2. The molecule has 0 spiro atoms. The van der Waals surface area contributed by atoms with Crippen molar-refractivity contribution in [3.63, 3.8) is 0 Å². The zero-order chi connectivity index (χ0) is 24.3. The van der Waals surface area contributed by atoms with E-state index in [0.717, 1.165) is 23.0 Å². The summed E-state index contributed by atoms with van der Waals surface area (Å²) in [5, 5.41) is 10.7. The second-order valence-corrected chi connectivity index (χ2v) is 8.36. The summed E-state index contributed by atoms with van der Waals surface area (Å²) in [6.45, 7) is 0.497. The van der Waals surface area contributed by atoms with Crippen LogP contribution >= 0.6 is 0 Å². The Morgan fingerprint density at radius 3 is 2.38 bits per heavy atom. The van der Waals surface area contributed by atoms with Crippen molar-refractivity contribution >= 4 is 5.91 Å². The smallest absolute Gasteiger partial charge is 0.342 e. The van der Waals surface area contributed by atoms with Crippen molar-refractivity contribution in [1.82, 2.24) is 29.9 Å². The van der Waals surface area contributed by atoms with Crippen LogP contribution in [-0.2, 0) is 18.9 Å². The third-order valence-corrected chi connectivity index (χ3v) is 5.83. The molecule has 2 aliphatic rings. The van der Waals surface area contributed by atoms with Crippen molar-refractivity contribution in [3.05, 3.63) is 53.2 Å². The lowest BCUT2D eigenvalue weighted by molar-refractivity contribution is -0.142. The van der Waals surface area contributed by atoms with Crippen LogP contribution in [0.25, 0.3) is 11.3 Å². The number of aromatic nitrogens is 5. The van der Waals surface area contributed by atoms with Crippen molar-refractivity contribution in [2.45, 2.75) is 56.7 Å². The molecule has 3 aromatic rings. The first-order valence-electron chi connectivity index (χ1n) is 10.6. The van der Waals surface area contributed by atoms with Crippen LogP contribution in [0.3, 0.4) is 0 Å². The van der Waals surface area contributed by atoms with Crippen molar-refractivity contribution in [2.75, 3.05) is 0 Å². The summed E-state index contributed by atoms with van der Waals surface area (Å²) >= 11 is 0. The lowest BCUT2D eigenvalue weighted by atomic mass is 10.0. The molecule has 4 heterocycles. The highest BCUT2D eigenvalue weighted by molar-refractivity contribution is 5.93. The molecular weight excluding hydrogens is 466 g/mol. The topological polar surface area (TPSA) is 77.6 Å². The van der Waals surface area contributed by atoms with Gasteiger partial charge >= 0.3 is 12.4 Å². The highest BCUT2D eigenvalue weighted by atomic mass is 19.4. The molecule has 1 aliphatic carbocycles. The van der Waals surface area contributed by atoms with Gasteiger partial charge in [-0.1, -0.05) is 0 Å². The summed E-state index contributed by atoms with van der Waals surface area (Å²) in [5.74, 6) is -0.695. The van der Waals surface area contributed by atoms with Crippen LogP contribution < -0.4 is 5.32 Å². The highest BCUT2D eigenvalue weighted by Crippen LogP contribution is 2.38. The van der Waals surface area contributed by atoms with E-state index in [-0.39, 0.29) is 23.0 Å². The van der Waals surface area contributed by atoms with Gasteiger partial charge in [-0.25, -0.2) is 0 Å². The molecule has 1 amide bonds. The average molecular weight is 484 g/mol. The fourth-order valence-corrected chi connectivity index (χ4v) is 4.05. The first-order chi connectivity index (χ1) is 16.0. The van der Waals surface area contributed by atoms with Crippen LogP contribution in [0.4, 0.5) is 26.3 Å². The maximum absolute atomic E-state index is 13.2. The average Bonchev–Trinajstić information content (AvgIpc) is 3.33. The second kappa shape index (κ2) is 7.84. The van der Waals surface area contributed by atoms with E-state index in [1.165, 1.54) is 6.07 Å². The molecule has 1 fully saturated rings. The number of aryl methyl sites for hydroxylation is 1. The van der Waals surface area contributed by atoms with Crippen LogP contribution in [0.2, 0.25) is 0 Å². The van der Waals surface area contributed by atoms with E-state index in [9.17, 15) is 31.1 Å². The SMILES string of the molecule is O=C(N[C@H]1CCCn2nc(-c3ccnc(C(F)(F)F)c3)cc21)c1cc(C(F)(F)F)nn1C1CC1. The zero-order valence-corrected chi connectivity index (χ0v) is 17.5. The second-order valence-electron chi connectivity index (χ2n) is 8.36. The molecular formula is C21H18F6N6O. The molecule has 1 atom stereocenters. The van der Waals surface area contributed by atoms with Gasteiger partial charge in [-0.05, 0) is 43.9 Å². The number of nitrogens with zero attached hydrogens (tertiary/aromatic N) is 5. The van der Waals surface area contributed by atoms with E-state index < -0.39 is 35.7 Å². The number of carbonyl (C=O) groups is 1. The van der Waals surface area contributed by atoms with Crippen LogP contribution in [-0.4, -0.2) is 30.5 Å². The lowest BCUT2D eigenvalue weighted by Crippen LogP contribution is -2.33. The van der Waals surface area contributed by atoms with Crippen molar-refractivity contribution < 1.29 is 31.1 Å². The Labute approximate surface area is 188 Å². The summed E-state index contributed by atoms with van der Waals surface area (Å²) in [6.07, 6.45) is -5.81. The number of rotatable bonds is 4. The Hall–Kier alpha value is -3.38. The molecule has 34 heavy (non-hydrogen) atoms. The quantitative estimate of drug-likeness (QED) is 0.541. The van der Waals surface area contributed by atoms with Crippen LogP contribution in [0.5, 0.6) is 0 Å². The Morgan fingerprint density at radius 2 is 1.71 bits per heavy atom. The van der Waals surface area contributed by atoms with Gasteiger partial charge in [-0.2, -0.15) is 36.5 Å². The van der Waals surface area contributed by atoms with Crippen molar-refractivity contribution in [3.8, 4) is 11.3 Å².